The van der Waals surface area contributed by atoms with Crippen LogP contribution in [0.5, 0.6) is 0 Å². The summed E-state index contributed by atoms with van der Waals surface area (Å²) in [5.41, 5.74) is 0.373. The van der Waals surface area contributed by atoms with E-state index in [1.807, 2.05) is 59.7 Å². The lowest BCUT2D eigenvalue weighted by atomic mass is 9.97. The Morgan fingerprint density at radius 2 is 1.89 bits per heavy atom. The quantitative estimate of drug-likeness (QED) is 0.733. The van der Waals surface area contributed by atoms with Gasteiger partial charge in [-0.25, -0.2) is 4.98 Å². The number of nitrogens with zero attached hydrogens (tertiary/aromatic N) is 4. The Balaban J connectivity index is 1.82. The summed E-state index contributed by atoms with van der Waals surface area (Å²) in [7, 11) is 0. The molecule has 0 aliphatic heterocycles. The molecule has 0 fully saturated rings. The maximum atomic E-state index is 12.9. The third kappa shape index (κ3) is 4.05. The van der Waals surface area contributed by atoms with Crippen LogP contribution >= 0.6 is 11.3 Å². The van der Waals surface area contributed by atoms with Crippen molar-refractivity contribution in [1.29, 1.82) is 0 Å². The van der Waals surface area contributed by atoms with E-state index in [4.69, 9.17) is 4.52 Å². The summed E-state index contributed by atoms with van der Waals surface area (Å²) in [6, 6.07) is 5.61. The van der Waals surface area contributed by atoms with Crippen molar-refractivity contribution in [1.82, 2.24) is 25.4 Å². The molecule has 0 unspecified atom stereocenters. The Kier molecular flexibility index (Phi) is 4.86. The van der Waals surface area contributed by atoms with E-state index in [1.165, 1.54) is 11.3 Å². The fourth-order valence-electron chi connectivity index (χ4n) is 2.38. The molecule has 8 heteroatoms. The second-order valence-corrected chi connectivity index (χ2v) is 8.90. The average molecular weight is 385 g/mol. The first kappa shape index (κ1) is 19.2. The van der Waals surface area contributed by atoms with E-state index in [1.54, 1.807) is 6.20 Å². The molecule has 0 aromatic carbocycles. The van der Waals surface area contributed by atoms with E-state index in [-0.39, 0.29) is 11.3 Å². The average Bonchev–Trinajstić information content (AvgIpc) is 3.22. The predicted octanol–water partition coefficient (Wildman–Crippen LogP) is 3.86. The van der Waals surface area contributed by atoms with Crippen LogP contribution in [0.1, 0.15) is 61.7 Å². The molecule has 3 aromatic heterocycles. The molecule has 0 radical (unpaired) electrons. The van der Waals surface area contributed by atoms with Crippen LogP contribution < -0.4 is 5.32 Å². The fourth-order valence-corrected chi connectivity index (χ4v) is 3.32. The first-order chi connectivity index (χ1) is 12.6. The molecule has 0 aliphatic rings. The molecule has 3 heterocycles. The molecule has 0 aliphatic carbocycles. The normalized spacial score (nSPS) is 12.2. The number of thiazole rings is 1. The minimum absolute atomic E-state index is 0.223. The number of nitrogens with one attached hydrogen (secondary N) is 1. The molecule has 0 saturated carbocycles. The third-order valence-corrected chi connectivity index (χ3v) is 5.12. The first-order valence-corrected chi connectivity index (χ1v) is 9.45. The number of aryl methyl sites for hydroxylation is 1. The van der Waals surface area contributed by atoms with Crippen LogP contribution in [0.3, 0.4) is 0 Å². The lowest BCUT2D eigenvalue weighted by Crippen LogP contribution is -2.41. The smallest absolute Gasteiger partial charge is 0.264 e. The Bertz CT molecular complexity index is 954. The number of aromatic nitrogens is 4. The van der Waals surface area contributed by atoms with Crippen molar-refractivity contribution in [2.24, 2.45) is 0 Å². The Hall–Kier alpha value is -2.61. The van der Waals surface area contributed by atoms with Gasteiger partial charge in [0.05, 0.1) is 16.9 Å². The van der Waals surface area contributed by atoms with Crippen LogP contribution in [0, 0.1) is 6.92 Å². The molecule has 0 spiro atoms. The van der Waals surface area contributed by atoms with Crippen LogP contribution in [0.25, 0.3) is 10.7 Å². The second-order valence-electron chi connectivity index (χ2n) is 7.90. The Morgan fingerprint density at radius 1 is 1.15 bits per heavy atom. The highest BCUT2D eigenvalue weighted by atomic mass is 32.1. The number of rotatable bonds is 4. The molecule has 27 heavy (non-hydrogen) atoms. The molecule has 0 saturated heterocycles. The fraction of sp³-hybridized carbons (Fsp3) is 0.421. The zero-order chi connectivity index (χ0) is 19.8. The van der Waals surface area contributed by atoms with Gasteiger partial charge in [0.2, 0.25) is 5.89 Å². The van der Waals surface area contributed by atoms with Crippen molar-refractivity contribution in [2.45, 2.75) is 52.5 Å². The standard InChI is InChI=1S/C19H23N5O2S/c1-11-13(27-15(21-11)12-9-7-8-10-20-12)14(25)23-19(5,6)16-22-17(26-24-16)18(2,3)4/h7-10H,1-6H3,(H,23,25). The minimum atomic E-state index is -0.786. The zero-order valence-corrected chi connectivity index (χ0v) is 17.1. The number of hydrogen-bond donors (Lipinski definition) is 1. The molecule has 142 valence electrons. The zero-order valence-electron chi connectivity index (χ0n) is 16.3. The van der Waals surface area contributed by atoms with Crippen LogP contribution in [0.2, 0.25) is 0 Å². The molecular weight excluding hydrogens is 362 g/mol. The van der Waals surface area contributed by atoms with Crippen molar-refractivity contribution in [3.63, 3.8) is 0 Å². The van der Waals surface area contributed by atoms with Gasteiger partial charge in [0.1, 0.15) is 9.88 Å². The molecule has 3 aromatic rings. The maximum absolute atomic E-state index is 12.9. The van der Waals surface area contributed by atoms with Gasteiger partial charge in [0.25, 0.3) is 5.91 Å². The van der Waals surface area contributed by atoms with E-state index >= 15 is 0 Å². The summed E-state index contributed by atoms with van der Waals surface area (Å²) in [5, 5.41) is 7.75. The molecule has 7 nitrogen and oxygen atoms in total. The van der Waals surface area contributed by atoms with E-state index in [2.05, 4.69) is 25.4 Å². The highest BCUT2D eigenvalue weighted by Crippen LogP contribution is 2.28. The highest BCUT2D eigenvalue weighted by Gasteiger charge is 2.32. The van der Waals surface area contributed by atoms with E-state index in [9.17, 15) is 4.79 Å². The highest BCUT2D eigenvalue weighted by molar-refractivity contribution is 7.17. The lowest BCUT2D eigenvalue weighted by Gasteiger charge is -2.22. The number of amides is 1. The van der Waals surface area contributed by atoms with Gasteiger partial charge in [0, 0.05) is 11.6 Å². The summed E-state index contributed by atoms with van der Waals surface area (Å²) < 4.78 is 5.36. The number of carbonyl (C=O) groups is 1. The molecule has 1 N–H and O–H groups in total. The van der Waals surface area contributed by atoms with Crippen LogP contribution in [0.4, 0.5) is 0 Å². The van der Waals surface area contributed by atoms with Crippen molar-refractivity contribution in [3.8, 4) is 10.7 Å². The van der Waals surface area contributed by atoms with Crippen molar-refractivity contribution in [3.05, 3.63) is 46.7 Å². The van der Waals surface area contributed by atoms with E-state index in [0.717, 1.165) is 5.69 Å². The van der Waals surface area contributed by atoms with Gasteiger partial charge in [0.15, 0.2) is 5.82 Å². The van der Waals surface area contributed by atoms with Crippen molar-refractivity contribution < 1.29 is 9.32 Å². The van der Waals surface area contributed by atoms with Gasteiger partial charge in [-0.3, -0.25) is 9.78 Å². The molecule has 0 bridgehead atoms. The minimum Gasteiger partial charge on any atom is -0.339 e. The topological polar surface area (TPSA) is 93.8 Å². The third-order valence-electron chi connectivity index (χ3n) is 3.94. The van der Waals surface area contributed by atoms with Crippen LogP contribution in [-0.4, -0.2) is 26.0 Å². The Labute approximate surface area is 162 Å². The molecule has 0 atom stereocenters. The maximum Gasteiger partial charge on any atom is 0.264 e. The van der Waals surface area contributed by atoms with Gasteiger partial charge in [-0.1, -0.05) is 32.0 Å². The summed E-state index contributed by atoms with van der Waals surface area (Å²) >= 11 is 1.32. The van der Waals surface area contributed by atoms with Gasteiger partial charge in [-0.2, -0.15) is 4.98 Å². The van der Waals surface area contributed by atoms with Gasteiger partial charge < -0.3 is 9.84 Å². The summed E-state index contributed by atoms with van der Waals surface area (Å²) in [6.45, 7) is 11.5. The number of pyridine rings is 1. The first-order valence-electron chi connectivity index (χ1n) is 8.64. The largest absolute Gasteiger partial charge is 0.339 e. The lowest BCUT2D eigenvalue weighted by molar-refractivity contribution is 0.0911. The summed E-state index contributed by atoms with van der Waals surface area (Å²) in [6.07, 6.45) is 1.71. The van der Waals surface area contributed by atoms with Crippen LogP contribution in [0.15, 0.2) is 28.9 Å². The number of carbonyl (C=O) groups excluding carboxylic acids is 1. The van der Waals surface area contributed by atoms with Crippen molar-refractivity contribution >= 4 is 17.2 Å². The van der Waals surface area contributed by atoms with E-state index < -0.39 is 5.54 Å². The molecular formula is C19H23N5O2S. The van der Waals surface area contributed by atoms with Gasteiger partial charge in [-0.05, 0) is 32.9 Å². The van der Waals surface area contributed by atoms with E-state index in [0.29, 0.717) is 27.3 Å². The van der Waals surface area contributed by atoms with Gasteiger partial charge >= 0.3 is 0 Å². The van der Waals surface area contributed by atoms with Gasteiger partial charge in [-0.15, -0.1) is 11.3 Å². The summed E-state index contributed by atoms with van der Waals surface area (Å²) in [4.78, 5) is 26.6. The molecule has 3 rings (SSSR count). The second kappa shape index (κ2) is 6.84. The number of hydrogen-bond acceptors (Lipinski definition) is 7. The monoisotopic (exact) mass is 385 g/mol. The SMILES string of the molecule is Cc1nc(-c2ccccn2)sc1C(=O)NC(C)(C)c1noc(C(C)(C)C)n1. The van der Waals surface area contributed by atoms with Crippen molar-refractivity contribution in [2.75, 3.05) is 0 Å². The van der Waals surface area contributed by atoms with Crippen LogP contribution in [-0.2, 0) is 11.0 Å². The summed E-state index contributed by atoms with van der Waals surface area (Å²) in [5.74, 6) is 0.749. The molecule has 1 amide bonds. The Morgan fingerprint density at radius 3 is 2.48 bits per heavy atom. The predicted molar refractivity (Wildman–Crippen MR) is 104 cm³/mol.